The Hall–Kier alpha value is -1.55. The highest BCUT2D eigenvalue weighted by Gasteiger charge is 2.23. The fraction of sp³-hybridized carbons (Fsp3) is 0.364. The Morgan fingerprint density at radius 1 is 1.60 bits per heavy atom. The van der Waals surface area contributed by atoms with Crippen molar-refractivity contribution in [1.29, 1.82) is 0 Å². The zero-order valence-electron chi connectivity index (χ0n) is 8.51. The zero-order chi connectivity index (χ0) is 10.3. The third-order valence-corrected chi connectivity index (χ3v) is 2.54. The number of aromatic nitrogens is 2. The first kappa shape index (κ1) is 8.73. The molecule has 4 nitrogen and oxygen atoms in total. The molecule has 0 saturated carbocycles. The first-order valence-corrected chi connectivity index (χ1v) is 4.98. The van der Waals surface area contributed by atoms with Gasteiger partial charge in [0.1, 0.15) is 18.5 Å². The van der Waals surface area contributed by atoms with Gasteiger partial charge >= 0.3 is 0 Å². The van der Waals surface area contributed by atoms with Crippen LogP contribution in [0, 0.1) is 0 Å². The molecule has 0 bridgehead atoms. The second-order valence-electron chi connectivity index (χ2n) is 3.77. The largest absolute Gasteiger partial charge is 0.491 e. The Morgan fingerprint density at radius 3 is 3.27 bits per heavy atom. The van der Waals surface area contributed by atoms with Gasteiger partial charge in [-0.3, -0.25) is 0 Å². The highest BCUT2D eigenvalue weighted by molar-refractivity contribution is 5.76. The van der Waals surface area contributed by atoms with E-state index in [4.69, 9.17) is 9.47 Å². The third-order valence-electron chi connectivity index (χ3n) is 2.54. The Kier molecular flexibility index (Phi) is 1.89. The van der Waals surface area contributed by atoms with Gasteiger partial charge in [0.05, 0.1) is 24.0 Å². The van der Waals surface area contributed by atoms with Crippen molar-refractivity contribution >= 4 is 11.0 Å². The summed E-state index contributed by atoms with van der Waals surface area (Å²) < 4.78 is 12.7. The van der Waals surface area contributed by atoms with Crippen LogP contribution in [0.25, 0.3) is 11.0 Å². The standard InChI is InChI=1S/C11H12N2O2/c1-13-7-12-10-3-2-8(4-11(10)13)14-5-9-6-15-9/h2-4,7,9H,5-6H2,1H3. The number of ether oxygens (including phenoxy) is 2. The van der Waals surface area contributed by atoms with Gasteiger partial charge in [-0.05, 0) is 12.1 Å². The van der Waals surface area contributed by atoms with Crippen molar-refractivity contribution in [3.63, 3.8) is 0 Å². The molecule has 1 atom stereocenters. The van der Waals surface area contributed by atoms with Crippen LogP contribution in [0.15, 0.2) is 24.5 Å². The van der Waals surface area contributed by atoms with E-state index in [1.165, 1.54) is 0 Å². The van der Waals surface area contributed by atoms with Gasteiger partial charge in [0.15, 0.2) is 0 Å². The van der Waals surface area contributed by atoms with Crippen LogP contribution in [0.3, 0.4) is 0 Å². The first-order chi connectivity index (χ1) is 7.33. The van der Waals surface area contributed by atoms with E-state index in [-0.39, 0.29) is 0 Å². The molecule has 1 fully saturated rings. The van der Waals surface area contributed by atoms with Crippen LogP contribution in [0.2, 0.25) is 0 Å². The third kappa shape index (κ3) is 1.68. The van der Waals surface area contributed by atoms with Crippen LogP contribution >= 0.6 is 0 Å². The summed E-state index contributed by atoms with van der Waals surface area (Å²) in [4.78, 5) is 4.25. The maximum Gasteiger partial charge on any atom is 0.121 e. The molecule has 1 aromatic carbocycles. The lowest BCUT2D eigenvalue weighted by molar-refractivity contribution is 0.263. The molecule has 0 radical (unpaired) electrons. The minimum Gasteiger partial charge on any atom is -0.491 e. The Morgan fingerprint density at radius 2 is 2.47 bits per heavy atom. The molecule has 0 aliphatic carbocycles. The molecular formula is C11H12N2O2. The van der Waals surface area contributed by atoms with E-state index in [0.717, 1.165) is 23.4 Å². The van der Waals surface area contributed by atoms with Crippen molar-refractivity contribution in [2.45, 2.75) is 6.10 Å². The molecule has 0 amide bonds. The van der Waals surface area contributed by atoms with Gasteiger partial charge < -0.3 is 14.0 Å². The maximum atomic E-state index is 5.60. The predicted molar refractivity (Wildman–Crippen MR) is 55.9 cm³/mol. The molecule has 1 aromatic heterocycles. The van der Waals surface area contributed by atoms with Gasteiger partial charge in [-0.15, -0.1) is 0 Å². The molecule has 1 aliphatic heterocycles. The van der Waals surface area contributed by atoms with Crippen LogP contribution in [-0.4, -0.2) is 28.9 Å². The molecule has 1 saturated heterocycles. The number of nitrogens with zero attached hydrogens (tertiary/aromatic N) is 2. The Balaban J connectivity index is 1.86. The molecule has 78 valence electrons. The fourth-order valence-corrected chi connectivity index (χ4v) is 1.55. The highest BCUT2D eigenvalue weighted by atomic mass is 16.6. The minimum atomic E-state index is 0.298. The van der Waals surface area contributed by atoms with Crippen molar-refractivity contribution in [2.24, 2.45) is 7.05 Å². The van der Waals surface area contributed by atoms with Crippen LogP contribution < -0.4 is 4.74 Å². The summed E-state index contributed by atoms with van der Waals surface area (Å²) in [5.41, 5.74) is 2.08. The van der Waals surface area contributed by atoms with Crippen molar-refractivity contribution in [1.82, 2.24) is 9.55 Å². The van der Waals surface area contributed by atoms with Crippen LogP contribution in [0.5, 0.6) is 5.75 Å². The van der Waals surface area contributed by atoms with E-state index in [0.29, 0.717) is 12.7 Å². The summed E-state index contributed by atoms with van der Waals surface area (Å²) in [6.45, 7) is 1.47. The maximum absolute atomic E-state index is 5.60. The minimum absolute atomic E-state index is 0.298. The molecule has 0 N–H and O–H groups in total. The lowest BCUT2D eigenvalue weighted by atomic mass is 10.3. The molecule has 0 spiro atoms. The topological polar surface area (TPSA) is 39.6 Å². The molecular weight excluding hydrogens is 192 g/mol. The number of imidazole rings is 1. The Bertz CT molecular complexity index is 488. The van der Waals surface area contributed by atoms with Gasteiger partial charge in [0, 0.05) is 13.1 Å². The molecule has 4 heteroatoms. The van der Waals surface area contributed by atoms with E-state index in [2.05, 4.69) is 4.98 Å². The van der Waals surface area contributed by atoms with E-state index in [1.54, 1.807) is 6.33 Å². The first-order valence-electron chi connectivity index (χ1n) is 4.98. The quantitative estimate of drug-likeness (QED) is 0.708. The van der Waals surface area contributed by atoms with Gasteiger partial charge in [-0.2, -0.15) is 0 Å². The van der Waals surface area contributed by atoms with E-state index in [1.807, 2.05) is 29.8 Å². The molecule has 2 aromatic rings. The molecule has 3 rings (SSSR count). The van der Waals surface area contributed by atoms with Gasteiger partial charge in [0.2, 0.25) is 0 Å². The number of benzene rings is 1. The number of hydrogen-bond acceptors (Lipinski definition) is 3. The van der Waals surface area contributed by atoms with E-state index >= 15 is 0 Å². The summed E-state index contributed by atoms with van der Waals surface area (Å²) in [7, 11) is 1.98. The summed E-state index contributed by atoms with van der Waals surface area (Å²) in [6, 6.07) is 5.92. The predicted octanol–water partition coefficient (Wildman–Crippen LogP) is 1.35. The number of epoxide rings is 1. The highest BCUT2D eigenvalue weighted by Crippen LogP contribution is 2.20. The monoisotopic (exact) mass is 204 g/mol. The lowest BCUT2D eigenvalue weighted by Gasteiger charge is -2.04. The summed E-state index contributed by atoms with van der Waals surface area (Å²) >= 11 is 0. The van der Waals surface area contributed by atoms with Gasteiger partial charge in [-0.1, -0.05) is 0 Å². The smallest absolute Gasteiger partial charge is 0.121 e. The summed E-state index contributed by atoms with van der Waals surface area (Å²) in [6.07, 6.45) is 2.10. The van der Waals surface area contributed by atoms with E-state index in [9.17, 15) is 0 Å². The van der Waals surface area contributed by atoms with Gasteiger partial charge in [0.25, 0.3) is 0 Å². The average molecular weight is 204 g/mol. The second kappa shape index (κ2) is 3.24. The lowest BCUT2D eigenvalue weighted by Crippen LogP contribution is -2.03. The summed E-state index contributed by atoms with van der Waals surface area (Å²) in [5.74, 6) is 0.876. The Labute approximate surface area is 87.4 Å². The number of rotatable bonds is 3. The van der Waals surface area contributed by atoms with Crippen molar-refractivity contribution in [3.8, 4) is 5.75 Å². The van der Waals surface area contributed by atoms with Gasteiger partial charge in [-0.25, -0.2) is 4.98 Å². The molecule has 1 aliphatic rings. The van der Waals surface area contributed by atoms with Crippen molar-refractivity contribution < 1.29 is 9.47 Å². The fourth-order valence-electron chi connectivity index (χ4n) is 1.55. The number of aryl methyl sites for hydroxylation is 1. The second-order valence-corrected chi connectivity index (χ2v) is 3.77. The molecule has 1 unspecified atom stereocenters. The van der Waals surface area contributed by atoms with Crippen LogP contribution in [-0.2, 0) is 11.8 Å². The summed E-state index contributed by atoms with van der Waals surface area (Å²) in [5, 5.41) is 0. The number of hydrogen-bond donors (Lipinski definition) is 0. The van der Waals surface area contributed by atoms with Crippen molar-refractivity contribution in [3.05, 3.63) is 24.5 Å². The van der Waals surface area contributed by atoms with E-state index < -0.39 is 0 Å². The van der Waals surface area contributed by atoms with Crippen molar-refractivity contribution in [2.75, 3.05) is 13.2 Å². The molecule has 15 heavy (non-hydrogen) atoms. The SMILES string of the molecule is Cn1cnc2ccc(OCC3CO3)cc21. The molecule has 2 heterocycles. The number of fused-ring (bicyclic) bond motifs is 1. The normalized spacial score (nSPS) is 19.4. The average Bonchev–Trinajstić information content (AvgIpc) is 3.02. The van der Waals surface area contributed by atoms with Crippen LogP contribution in [0.4, 0.5) is 0 Å². The zero-order valence-corrected chi connectivity index (χ0v) is 8.51. The van der Waals surface area contributed by atoms with Crippen LogP contribution in [0.1, 0.15) is 0 Å².